The Labute approximate surface area is 115 Å². The Morgan fingerprint density at radius 3 is 2.79 bits per heavy atom. The molecule has 0 aromatic carbocycles. The summed E-state index contributed by atoms with van der Waals surface area (Å²) in [7, 11) is 0. The zero-order chi connectivity index (χ0) is 13.7. The number of carbonyl (C=O) groups excluding carboxylic acids is 2. The number of nitrogens with one attached hydrogen (secondary N) is 2. The molecule has 2 rings (SSSR count). The molecule has 2 fully saturated rings. The number of amides is 2. The van der Waals surface area contributed by atoms with Gasteiger partial charge in [-0.1, -0.05) is 13.3 Å². The van der Waals surface area contributed by atoms with Crippen LogP contribution in [0.15, 0.2) is 0 Å². The van der Waals surface area contributed by atoms with Crippen molar-refractivity contribution < 1.29 is 9.59 Å². The zero-order valence-corrected chi connectivity index (χ0v) is 11.8. The molecular formula is C14H25N3O2. The smallest absolute Gasteiger partial charge is 0.225 e. The number of carbonyl (C=O) groups is 2. The van der Waals surface area contributed by atoms with Gasteiger partial charge >= 0.3 is 0 Å². The van der Waals surface area contributed by atoms with Crippen LogP contribution >= 0.6 is 0 Å². The lowest BCUT2D eigenvalue weighted by Gasteiger charge is -2.29. The average molecular weight is 267 g/mol. The number of hydrogen-bond acceptors (Lipinski definition) is 3. The van der Waals surface area contributed by atoms with E-state index in [9.17, 15) is 9.59 Å². The van der Waals surface area contributed by atoms with Crippen molar-refractivity contribution >= 4 is 11.8 Å². The largest absolute Gasteiger partial charge is 0.355 e. The molecule has 0 radical (unpaired) electrons. The molecule has 0 spiro atoms. The third-order valence-electron chi connectivity index (χ3n) is 3.99. The summed E-state index contributed by atoms with van der Waals surface area (Å²) < 4.78 is 0. The number of rotatable bonds is 5. The number of likely N-dealkylation sites (tertiary alicyclic amines) is 1. The molecule has 2 heterocycles. The standard InChI is InChI=1S/C14H25N3O2/c1-11(10-17-5-3-2-4-6-17)8-16-14(19)12-7-13(18)15-9-12/h11-12H,2-10H2,1H3,(H,15,18)(H,16,19). The highest BCUT2D eigenvalue weighted by Gasteiger charge is 2.27. The lowest BCUT2D eigenvalue weighted by atomic mass is 10.1. The van der Waals surface area contributed by atoms with Crippen LogP contribution in [-0.4, -0.2) is 49.4 Å². The molecule has 0 bridgehead atoms. The molecule has 2 N–H and O–H groups in total. The van der Waals surface area contributed by atoms with Crippen LogP contribution in [0.5, 0.6) is 0 Å². The average Bonchev–Trinajstić information content (AvgIpc) is 2.84. The topological polar surface area (TPSA) is 61.4 Å². The molecule has 0 aliphatic carbocycles. The highest BCUT2D eigenvalue weighted by molar-refractivity contribution is 5.89. The first-order valence-electron chi connectivity index (χ1n) is 7.42. The van der Waals surface area contributed by atoms with E-state index in [1.54, 1.807) is 0 Å². The molecular weight excluding hydrogens is 242 g/mol. The Kier molecular flexibility index (Phi) is 5.19. The van der Waals surface area contributed by atoms with Crippen molar-refractivity contribution in [2.24, 2.45) is 11.8 Å². The molecule has 0 aromatic heterocycles. The monoisotopic (exact) mass is 267 g/mol. The van der Waals surface area contributed by atoms with E-state index in [0.717, 1.165) is 6.54 Å². The van der Waals surface area contributed by atoms with E-state index in [1.807, 2.05) is 0 Å². The van der Waals surface area contributed by atoms with Gasteiger partial charge in [-0.05, 0) is 31.8 Å². The van der Waals surface area contributed by atoms with E-state index in [-0.39, 0.29) is 17.7 Å². The molecule has 2 atom stereocenters. The summed E-state index contributed by atoms with van der Waals surface area (Å²) in [6.07, 6.45) is 4.29. The van der Waals surface area contributed by atoms with Gasteiger partial charge in [0, 0.05) is 26.1 Å². The van der Waals surface area contributed by atoms with Crippen LogP contribution in [0.4, 0.5) is 0 Å². The van der Waals surface area contributed by atoms with Crippen LogP contribution in [0.1, 0.15) is 32.6 Å². The second kappa shape index (κ2) is 6.89. The first-order chi connectivity index (χ1) is 9.15. The SMILES string of the molecule is CC(CNC(=O)C1CNC(=O)C1)CN1CCCCC1. The third kappa shape index (κ3) is 4.49. The van der Waals surface area contributed by atoms with E-state index in [0.29, 0.717) is 25.4 Å². The minimum absolute atomic E-state index is 0.0125. The van der Waals surface area contributed by atoms with Crippen LogP contribution in [-0.2, 0) is 9.59 Å². The molecule has 2 unspecified atom stereocenters. The van der Waals surface area contributed by atoms with E-state index < -0.39 is 0 Å². The van der Waals surface area contributed by atoms with Crippen molar-refractivity contribution in [2.45, 2.75) is 32.6 Å². The molecule has 2 aliphatic heterocycles. The fourth-order valence-corrected chi connectivity index (χ4v) is 2.86. The maximum atomic E-state index is 11.9. The minimum Gasteiger partial charge on any atom is -0.355 e. The number of piperidine rings is 1. The van der Waals surface area contributed by atoms with E-state index in [1.165, 1.54) is 32.4 Å². The van der Waals surface area contributed by atoms with Crippen molar-refractivity contribution in [3.8, 4) is 0 Å². The fraction of sp³-hybridized carbons (Fsp3) is 0.857. The van der Waals surface area contributed by atoms with E-state index in [4.69, 9.17) is 0 Å². The van der Waals surface area contributed by atoms with E-state index >= 15 is 0 Å². The highest BCUT2D eigenvalue weighted by Crippen LogP contribution is 2.11. The Balaban J connectivity index is 1.63. The summed E-state index contributed by atoms with van der Waals surface area (Å²) in [4.78, 5) is 25.4. The summed E-state index contributed by atoms with van der Waals surface area (Å²) in [6.45, 7) is 6.82. The Morgan fingerprint density at radius 2 is 2.16 bits per heavy atom. The molecule has 5 nitrogen and oxygen atoms in total. The molecule has 2 amide bonds. The molecule has 0 aromatic rings. The quantitative estimate of drug-likeness (QED) is 0.756. The molecule has 2 aliphatic rings. The first kappa shape index (κ1) is 14.3. The number of nitrogens with zero attached hydrogens (tertiary/aromatic N) is 1. The van der Waals surface area contributed by atoms with Crippen molar-refractivity contribution in [3.05, 3.63) is 0 Å². The minimum atomic E-state index is -0.172. The van der Waals surface area contributed by atoms with Gasteiger partial charge in [-0.3, -0.25) is 9.59 Å². The molecule has 5 heteroatoms. The van der Waals surface area contributed by atoms with Gasteiger partial charge in [0.1, 0.15) is 0 Å². The predicted molar refractivity (Wildman–Crippen MR) is 73.6 cm³/mol. The summed E-state index contributed by atoms with van der Waals surface area (Å²) >= 11 is 0. The summed E-state index contributed by atoms with van der Waals surface area (Å²) in [6, 6.07) is 0. The normalized spacial score (nSPS) is 25.9. The van der Waals surface area contributed by atoms with Gasteiger partial charge in [0.2, 0.25) is 11.8 Å². The second-order valence-electron chi connectivity index (χ2n) is 5.92. The Bertz CT molecular complexity index is 327. The van der Waals surface area contributed by atoms with Crippen LogP contribution in [0, 0.1) is 11.8 Å². The molecule has 0 saturated carbocycles. The Hall–Kier alpha value is -1.10. The summed E-state index contributed by atoms with van der Waals surface area (Å²) in [5.74, 6) is 0.298. The maximum Gasteiger partial charge on any atom is 0.225 e. The van der Waals surface area contributed by atoms with Gasteiger partial charge in [0.15, 0.2) is 0 Å². The predicted octanol–water partition coefficient (Wildman–Crippen LogP) is 0.361. The van der Waals surface area contributed by atoms with Gasteiger partial charge < -0.3 is 15.5 Å². The summed E-state index contributed by atoms with van der Waals surface area (Å²) in [5.41, 5.74) is 0. The third-order valence-corrected chi connectivity index (χ3v) is 3.99. The highest BCUT2D eigenvalue weighted by atomic mass is 16.2. The van der Waals surface area contributed by atoms with Crippen LogP contribution in [0.3, 0.4) is 0 Å². The van der Waals surface area contributed by atoms with Gasteiger partial charge in [0.25, 0.3) is 0 Å². The van der Waals surface area contributed by atoms with Gasteiger partial charge in [-0.2, -0.15) is 0 Å². The second-order valence-corrected chi connectivity index (χ2v) is 5.92. The van der Waals surface area contributed by atoms with Crippen molar-refractivity contribution in [3.63, 3.8) is 0 Å². The van der Waals surface area contributed by atoms with Crippen LogP contribution in [0.2, 0.25) is 0 Å². The zero-order valence-electron chi connectivity index (χ0n) is 11.8. The maximum absolute atomic E-state index is 11.9. The van der Waals surface area contributed by atoms with Crippen molar-refractivity contribution in [1.82, 2.24) is 15.5 Å². The lowest BCUT2D eigenvalue weighted by molar-refractivity contribution is -0.126. The Morgan fingerprint density at radius 1 is 1.42 bits per heavy atom. The van der Waals surface area contributed by atoms with Gasteiger partial charge in [-0.15, -0.1) is 0 Å². The van der Waals surface area contributed by atoms with Crippen LogP contribution in [0.25, 0.3) is 0 Å². The van der Waals surface area contributed by atoms with Gasteiger partial charge in [0.05, 0.1) is 5.92 Å². The molecule has 108 valence electrons. The van der Waals surface area contributed by atoms with Gasteiger partial charge in [-0.25, -0.2) is 0 Å². The molecule has 2 saturated heterocycles. The molecule has 19 heavy (non-hydrogen) atoms. The lowest BCUT2D eigenvalue weighted by Crippen LogP contribution is -2.39. The fourth-order valence-electron chi connectivity index (χ4n) is 2.86. The van der Waals surface area contributed by atoms with Crippen LogP contribution < -0.4 is 10.6 Å². The summed E-state index contributed by atoms with van der Waals surface area (Å²) in [5, 5.41) is 5.67. The first-order valence-corrected chi connectivity index (χ1v) is 7.42. The number of hydrogen-bond donors (Lipinski definition) is 2. The van der Waals surface area contributed by atoms with E-state index in [2.05, 4.69) is 22.5 Å². The van der Waals surface area contributed by atoms with Crippen molar-refractivity contribution in [1.29, 1.82) is 0 Å². The van der Waals surface area contributed by atoms with Crippen molar-refractivity contribution in [2.75, 3.05) is 32.7 Å².